The molecule has 1 aromatic carbocycles. The molecule has 1 N–H and O–H groups in total. The zero-order chi connectivity index (χ0) is 22.3. The van der Waals surface area contributed by atoms with Crippen molar-refractivity contribution < 1.29 is 17.7 Å². The molecule has 0 amide bonds. The molecule has 162 valence electrons. The van der Waals surface area contributed by atoms with Gasteiger partial charge in [0.1, 0.15) is 11.2 Å². The first-order valence-corrected chi connectivity index (χ1v) is 10.9. The summed E-state index contributed by atoms with van der Waals surface area (Å²) in [6, 6.07) is 10.2. The largest absolute Gasteiger partial charge is 0.416 e. The van der Waals surface area contributed by atoms with Crippen molar-refractivity contribution in [3.05, 3.63) is 69.7 Å². The Bertz CT molecular complexity index is 1460. The zero-order valence-corrected chi connectivity index (χ0v) is 17.5. The highest BCUT2D eigenvalue weighted by Crippen LogP contribution is 2.32. The molecule has 4 heterocycles. The Morgan fingerprint density at radius 1 is 1.19 bits per heavy atom. The number of alkyl halides is 3. The summed E-state index contributed by atoms with van der Waals surface area (Å²) in [5, 5.41) is 17.0. The lowest BCUT2D eigenvalue weighted by molar-refractivity contribution is -0.137. The van der Waals surface area contributed by atoms with Gasteiger partial charge in [0.25, 0.3) is 5.56 Å². The first kappa shape index (κ1) is 20.5. The number of halogens is 3. The Morgan fingerprint density at radius 2 is 2.06 bits per heavy atom. The van der Waals surface area contributed by atoms with Crippen LogP contribution in [0.3, 0.4) is 0 Å². The molecule has 0 unspecified atom stereocenters. The van der Waals surface area contributed by atoms with E-state index in [1.807, 2.05) is 17.5 Å². The summed E-state index contributed by atoms with van der Waals surface area (Å²) in [7, 11) is 0. The predicted octanol–water partition coefficient (Wildman–Crippen LogP) is 4.51. The van der Waals surface area contributed by atoms with Crippen molar-refractivity contribution in [2.75, 3.05) is 0 Å². The smallest absolute Gasteiger partial charge is 0.338 e. The molecule has 0 aliphatic rings. The normalized spacial score (nSPS) is 12.0. The van der Waals surface area contributed by atoms with E-state index in [9.17, 15) is 18.0 Å². The molecular weight excluding hydrogens is 465 g/mol. The van der Waals surface area contributed by atoms with E-state index in [0.717, 1.165) is 17.0 Å². The van der Waals surface area contributed by atoms with Crippen LogP contribution < -0.4 is 5.56 Å². The first-order chi connectivity index (χ1) is 15.4. The standard InChI is InChI=1S/C19H11F3N6O2S2/c20-19(21,22)11-4-1-3-10(7-11)16-23-15(30-27-16)9-32-18-25-24-17(29)13-8-12(26-28(13)18)14-5-2-6-31-14/h1-8H,9H2,(H,24,29). The average molecular weight is 476 g/mol. The van der Waals surface area contributed by atoms with Crippen LogP contribution >= 0.6 is 23.1 Å². The van der Waals surface area contributed by atoms with Crippen molar-refractivity contribution in [1.82, 2.24) is 30.0 Å². The molecular formula is C19H11F3N6O2S2. The van der Waals surface area contributed by atoms with Crippen LogP contribution in [0.4, 0.5) is 13.2 Å². The minimum Gasteiger partial charge on any atom is -0.338 e. The van der Waals surface area contributed by atoms with Gasteiger partial charge in [0.2, 0.25) is 16.9 Å². The van der Waals surface area contributed by atoms with Gasteiger partial charge in [-0.15, -0.1) is 16.4 Å². The minimum absolute atomic E-state index is 0.0466. The van der Waals surface area contributed by atoms with Crippen LogP contribution in [0, 0.1) is 0 Å². The number of fused-ring (bicyclic) bond motifs is 1. The van der Waals surface area contributed by atoms with E-state index >= 15 is 0 Å². The van der Waals surface area contributed by atoms with Crippen molar-refractivity contribution in [2.24, 2.45) is 0 Å². The fraction of sp³-hybridized carbons (Fsp3) is 0.105. The molecule has 0 radical (unpaired) electrons. The summed E-state index contributed by atoms with van der Waals surface area (Å²) >= 11 is 2.68. The number of aromatic amines is 1. The van der Waals surface area contributed by atoms with Crippen LogP contribution in [0.25, 0.3) is 27.5 Å². The number of rotatable bonds is 5. The molecule has 13 heteroatoms. The summed E-state index contributed by atoms with van der Waals surface area (Å²) in [6.45, 7) is 0. The molecule has 0 saturated heterocycles. The molecule has 0 fully saturated rings. The summed E-state index contributed by atoms with van der Waals surface area (Å²) in [5.74, 6) is 0.411. The number of aromatic nitrogens is 6. The third kappa shape index (κ3) is 3.91. The molecule has 0 aliphatic heterocycles. The van der Waals surface area contributed by atoms with Gasteiger partial charge in [-0.3, -0.25) is 4.79 Å². The van der Waals surface area contributed by atoms with Gasteiger partial charge < -0.3 is 4.52 Å². The van der Waals surface area contributed by atoms with Crippen molar-refractivity contribution in [3.8, 4) is 22.0 Å². The Kier molecular flexibility index (Phi) is 5.06. The molecule has 0 saturated carbocycles. The zero-order valence-electron chi connectivity index (χ0n) is 15.8. The first-order valence-electron chi connectivity index (χ1n) is 9.04. The van der Waals surface area contributed by atoms with Gasteiger partial charge in [0.15, 0.2) is 0 Å². The van der Waals surface area contributed by atoms with Crippen LogP contribution in [0.2, 0.25) is 0 Å². The van der Waals surface area contributed by atoms with E-state index in [0.29, 0.717) is 16.4 Å². The van der Waals surface area contributed by atoms with E-state index < -0.39 is 11.7 Å². The number of nitrogens with one attached hydrogen (secondary N) is 1. The maximum atomic E-state index is 12.9. The summed E-state index contributed by atoms with van der Waals surface area (Å²) in [5.41, 5.74) is -0.00633. The van der Waals surface area contributed by atoms with Gasteiger partial charge in [0.05, 0.1) is 16.2 Å². The summed E-state index contributed by atoms with van der Waals surface area (Å²) < 4.78 is 45.4. The number of thiophene rings is 1. The highest BCUT2D eigenvalue weighted by Gasteiger charge is 2.30. The molecule has 5 rings (SSSR count). The maximum absolute atomic E-state index is 12.9. The highest BCUT2D eigenvalue weighted by atomic mass is 32.2. The lowest BCUT2D eigenvalue weighted by Crippen LogP contribution is -2.13. The molecule has 0 spiro atoms. The fourth-order valence-electron chi connectivity index (χ4n) is 2.92. The van der Waals surface area contributed by atoms with Crippen LogP contribution in [-0.4, -0.2) is 30.0 Å². The number of benzene rings is 1. The van der Waals surface area contributed by atoms with Gasteiger partial charge in [-0.05, 0) is 29.6 Å². The Balaban J connectivity index is 1.39. The molecule has 4 aromatic heterocycles. The quantitative estimate of drug-likeness (QED) is 0.373. The molecule has 0 aliphatic carbocycles. The van der Waals surface area contributed by atoms with Crippen LogP contribution in [-0.2, 0) is 11.9 Å². The second-order valence-electron chi connectivity index (χ2n) is 6.52. The number of H-pyrrole nitrogens is 1. The molecule has 0 atom stereocenters. The van der Waals surface area contributed by atoms with Gasteiger partial charge in [-0.2, -0.15) is 23.3 Å². The van der Waals surface area contributed by atoms with Crippen LogP contribution in [0.15, 0.2) is 62.3 Å². The second kappa shape index (κ2) is 7.91. The number of thioether (sulfide) groups is 1. The Morgan fingerprint density at radius 3 is 2.84 bits per heavy atom. The Hall–Kier alpha value is -3.45. The van der Waals surface area contributed by atoms with Crippen molar-refractivity contribution in [1.29, 1.82) is 0 Å². The number of hydrogen-bond donors (Lipinski definition) is 1. The number of hydrogen-bond acceptors (Lipinski definition) is 8. The molecule has 5 aromatic rings. The van der Waals surface area contributed by atoms with E-state index in [2.05, 4.69) is 25.4 Å². The lowest BCUT2D eigenvalue weighted by Gasteiger charge is -2.06. The highest BCUT2D eigenvalue weighted by molar-refractivity contribution is 7.98. The van der Waals surface area contributed by atoms with Gasteiger partial charge in [0, 0.05) is 5.56 Å². The van der Waals surface area contributed by atoms with Crippen molar-refractivity contribution in [3.63, 3.8) is 0 Å². The molecule has 8 nitrogen and oxygen atoms in total. The van der Waals surface area contributed by atoms with E-state index in [4.69, 9.17) is 4.52 Å². The Labute approximate surface area is 185 Å². The molecule has 32 heavy (non-hydrogen) atoms. The van der Waals surface area contributed by atoms with E-state index in [-0.39, 0.29) is 28.6 Å². The van der Waals surface area contributed by atoms with E-state index in [1.165, 1.54) is 39.7 Å². The van der Waals surface area contributed by atoms with Crippen LogP contribution in [0.1, 0.15) is 11.5 Å². The van der Waals surface area contributed by atoms with Gasteiger partial charge in [-0.25, -0.2) is 9.61 Å². The average Bonchev–Trinajstić information content (AvgIpc) is 3.53. The number of nitrogens with zero attached hydrogens (tertiary/aromatic N) is 5. The monoisotopic (exact) mass is 476 g/mol. The third-order valence-corrected chi connectivity index (χ3v) is 6.20. The van der Waals surface area contributed by atoms with Crippen LogP contribution in [0.5, 0.6) is 0 Å². The maximum Gasteiger partial charge on any atom is 0.416 e. The minimum atomic E-state index is -4.47. The predicted molar refractivity (Wildman–Crippen MR) is 111 cm³/mol. The second-order valence-corrected chi connectivity index (χ2v) is 8.41. The summed E-state index contributed by atoms with van der Waals surface area (Å²) in [6.07, 6.45) is -4.47. The fourth-order valence-corrected chi connectivity index (χ4v) is 4.34. The van der Waals surface area contributed by atoms with Crippen molar-refractivity contribution >= 4 is 28.6 Å². The lowest BCUT2D eigenvalue weighted by atomic mass is 10.1. The third-order valence-electron chi connectivity index (χ3n) is 4.39. The van der Waals surface area contributed by atoms with E-state index in [1.54, 1.807) is 6.07 Å². The van der Waals surface area contributed by atoms with Crippen molar-refractivity contribution in [2.45, 2.75) is 17.1 Å². The van der Waals surface area contributed by atoms with Gasteiger partial charge in [-0.1, -0.05) is 35.1 Å². The van der Waals surface area contributed by atoms with Gasteiger partial charge >= 0.3 is 6.18 Å². The summed E-state index contributed by atoms with van der Waals surface area (Å²) in [4.78, 5) is 17.2. The SMILES string of the molecule is O=c1[nH]nc(SCc2nc(-c3cccc(C(F)(F)F)c3)no2)n2nc(-c3cccs3)cc12. The molecule has 0 bridgehead atoms. The topological polar surface area (TPSA) is 102 Å².